The van der Waals surface area contributed by atoms with Crippen LogP contribution in [0.1, 0.15) is 38.8 Å². The van der Waals surface area contributed by atoms with Crippen LogP contribution >= 0.6 is 0 Å². The number of nitrogens with zero attached hydrogens (tertiary/aromatic N) is 1. The second-order valence-corrected chi connectivity index (χ2v) is 6.31. The lowest BCUT2D eigenvalue weighted by Gasteiger charge is -2.32. The Morgan fingerprint density at radius 3 is 2.35 bits per heavy atom. The maximum absolute atomic E-state index is 6.03. The Morgan fingerprint density at radius 1 is 1.25 bits per heavy atom. The molecule has 0 bridgehead atoms. The summed E-state index contributed by atoms with van der Waals surface area (Å²) in [5, 5.41) is 0. The summed E-state index contributed by atoms with van der Waals surface area (Å²) in [6.07, 6.45) is 5.64. The van der Waals surface area contributed by atoms with Crippen LogP contribution in [0, 0.1) is 6.92 Å². The van der Waals surface area contributed by atoms with Gasteiger partial charge < -0.3 is 15.0 Å². The summed E-state index contributed by atoms with van der Waals surface area (Å²) in [4.78, 5) is 4.19. The van der Waals surface area contributed by atoms with E-state index in [4.69, 9.17) is 15.0 Å². The Hall–Kier alpha value is -1.17. The quantitative estimate of drug-likeness (QED) is 0.860. The molecular weight excluding hydrogens is 251 g/mol. The van der Waals surface area contributed by atoms with E-state index in [0.717, 1.165) is 16.6 Å². The molecule has 20 heavy (non-hydrogen) atoms. The van der Waals surface area contributed by atoms with Crippen molar-refractivity contribution in [1.82, 2.24) is 4.98 Å². The number of hydrogen-bond acceptors (Lipinski definition) is 4. The molecule has 0 amide bonds. The minimum atomic E-state index is -0.398. The Balaban J connectivity index is 2.26. The van der Waals surface area contributed by atoms with E-state index < -0.39 is 7.12 Å². The molecule has 4 nitrogen and oxygen atoms in total. The molecule has 2 rings (SSSR count). The zero-order valence-corrected chi connectivity index (χ0v) is 12.9. The lowest BCUT2D eigenvalue weighted by molar-refractivity contribution is 0.00578. The summed E-state index contributed by atoms with van der Waals surface area (Å²) in [7, 11) is -0.398. The van der Waals surface area contributed by atoms with Crippen LogP contribution in [0.15, 0.2) is 23.9 Å². The fourth-order valence-corrected chi connectivity index (χ4v) is 2.09. The third kappa shape index (κ3) is 2.95. The third-order valence-electron chi connectivity index (χ3n) is 4.04. The molecule has 0 aliphatic carbocycles. The predicted molar refractivity (Wildman–Crippen MR) is 82.1 cm³/mol. The molecule has 108 valence electrons. The van der Waals surface area contributed by atoms with Crippen molar-refractivity contribution in [2.75, 3.05) is 6.54 Å². The first kappa shape index (κ1) is 15.2. The fraction of sp³-hybridized carbons (Fsp3) is 0.533. The first-order valence-corrected chi connectivity index (χ1v) is 6.93. The van der Waals surface area contributed by atoms with Gasteiger partial charge in [0.25, 0.3) is 0 Å². The van der Waals surface area contributed by atoms with E-state index in [1.165, 1.54) is 0 Å². The number of aromatic nitrogens is 1. The van der Waals surface area contributed by atoms with Gasteiger partial charge in [-0.1, -0.05) is 6.08 Å². The Morgan fingerprint density at radius 2 is 1.85 bits per heavy atom. The molecule has 0 atom stereocenters. The van der Waals surface area contributed by atoms with Gasteiger partial charge >= 0.3 is 7.12 Å². The van der Waals surface area contributed by atoms with Gasteiger partial charge in [-0.25, -0.2) is 0 Å². The van der Waals surface area contributed by atoms with Crippen molar-refractivity contribution in [1.29, 1.82) is 0 Å². The monoisotopic (exact) mass is 274 g/mol. The van der Waals surface area contributed by atoms with Gasteiger partial charge in [-0.2, -0.15) is 0 Å². The van der Waals surface area contributed by atoms with Crippen molar-refractivity contribution in [3.05, 3.63) is 35.1 Å². The van der Waals surface area contributed by atoms with Crippen LogP contribution in [-0.4, -0.2) is 29.8 Å². The molecule has 5 heteroatoms. The Kier molecular flexibility index (Phi) is 4.05. The number of hydrogen-bond donors (Lipinski definition) is 1. The highest BCUT2D eigenvalue weighted by atomic mass is 16.7. The highest BCUT2D eigenvalue weighted by molar-refractivity contribution is 6.55. The van der Waals surface area contributed by atoms with Crippen molar-refractivity contribution in [2.45, 2.75) is 45.8 Å². The van der Waals surface area contributed by atoms with Crippen LogP contribution < -0.4 is 5.73 Å². The minimum Gasteiger partial charge on any atom is -0.400 e. The third-order valence-corrected chi connectivity index (χ3v) is 4.04. The molecule has 2 heterocycles. The molecule has 0 saturated carbocycles. The van der Waals surface area contributed by atoms with E-state index in [9.17, 15) is 0 Å². The van der Waals surface area contributed by atoms with Crippen molar-refractivity contribution >= 4 is 13.2 Å². The van der Waals surface area contributed by atoms with E-state index in [1.54, 1.807) is 0 Å². The number of aryl methyl sites for hydroxylation is 1. The molecule has 2 N–H and O–H groups in total. The Bertz CT molecular complexity index is 510. The molecule has 0 aromatic carbocycles. The topological polar surface area (TPSA) is 57.4 Å². The van der Waals surface area contributed by atoms with Gasteiger partial charge in [0.1, 0.15) is 0 Å². The zero-order chi connectivity index (χ0) is 15.0. The van der Waals surface area contributed by atoms with Crippen molar-refractivity contribution < 1.29 is 9.31 Å². The van der Waals surface area contributed by atoms with Crippen LogP contribution in [-0.2, 0) is 9.31 Å². The maximum atomic E-state index is 6.03. The van der Waals surface area contributed by atoms with E-state index in [2.05, 4.69) is 11.1 Å². The van der Waals surface area contributed by atoms with Crippen LogP contribution in [0.2, 0.25) is 0 Å². The summed E-state index contributed by atoms with van der Waals surface area (Å²) >= 11 is 0. The summed E-state index contributed by atoms with van der Waals surface area (Å²) in [6.45, 7) is 10.6. The van der Waals surface area contributed by atoms with Crippen LogP contribution in [0.3, 0.4) is 0 Å². The highest BCUT2D eigenvalue weighted by Gasteiger charge is 2.52. The number of nitrogens with two attached hydrogens (primary N) is 1. The van der Waals surface area contributed by atoms with Crippen LogP contribution in [0.5, 0.6) is 0 Å². The molecule has 1 aromatic heterocycles. The molecule has 0 radical (unpaired) electrons. The lowest BCUT2D eigenvalue weighted by atomic mass is 9.77. The second kappa shape index (κ2) is 5.32. The normalized spacial score (nSPS) is 21.3. The van der Waals surface area contributed by atoms with E-state index in [-0.39, 0.29) is 11.2 Å². The predicted octanol–water partition coefficient (Wildman–Crippen LogP) is 2.36. The van der Waals surface area contributed by atoms with E-state index in [1.807, 2.05) is 53.1 Å². The van der Waals surface area contributed by atoms with E-state index in [0.29, 0.717) is 6.54 Å². The standard InChI is InChI=1S/C15H23BN2O2/c1-11-6-12(10-18-9-11)7-13(8-17)16-19-14(2,3)15(4,5)20-16/h6-7,9-10H,8,17H2,1-5H3. The second-order valence-electron chi connectivity index (χ2n) is 6.31. The largest absolute Gasteiger partial charge is 0.491 e. The van der Waals surface area contributed by atoms with Gasteiger partial charge in [0, 0.05) is 18.9 Å². The van der Waals surface area contributed by atoms with Gasteiger partial charge in [-0.3, -0.25) is 4.98 Å². The maximum Gasteiger partial charge on any atom is 0.491 e. The number of pyridine rings is 1. The lowest BCUT2D eigenvalue weighted by Crippen LogP contribution is -2.41. The highest BCUT2D eigenvalue weighted by Crippen LogP contribution is 2.38. The van der Waals surface area contributed by atoms with Crippen molar-refractivity contribution in [3.63, 3.8) is 0 Å². The molecular formula is C15H23BN2O2. The van der Waals surface area contributed by atoms with Gasteiger partial charge in [-0.05, 0) is 57.3 Å². The van der Waals surface area contributed by atoms with Gasteiger partial charge in [-0.15, -0.1) is 0 Å². The molecule has 1 saturated heterocycles. The molecule has 1 aliphatic heterocycles. The SMILES string of the molecule is Cc1cncc(C=C(CN)B2OC(C)(C)C(C)(C)O2)c1. The fourth-order valence-electron chi connectivity index (χ4n) is 2.09. The van der Waals surface area contributed by atoms with Crippen molar-refractivity contribution in [2.24, 2.45) is 5.73 Å². The molecule has 0 unspecified atom stereocenters. The Labute approximate surface area is 121 Å². The first-order chi connectivity index (χ1) is 9.25. The van der Waals surface area contributed by atoms with Gasteiger partial charge in [0.15, 0.2) is 0 Å². The first-order valence-electron chi connectivity index (χ1n) is 6.93. The summed E-state index contributed by atoms with van der Waals surface area (Å²) in [5.41, 5.74) is 8.22. The zero-order valence-electron chi connectivity index (χ0n) is 12.9. The van der Waals surface area contributed by atoms with Crippen LogP contribution in [0.25, 0.3) is 6.08 Å². The van der Waals surface area contributed by atoms with Gasteiger partial charge in [0.2, 0.25) is 0 Å². The smallest absolute Gasteiger partial charge is 0.400 e. The summed E-state index contributed by atoms with van der Waals surface area (Å²) < 4.78 is 12.1. The molecule has 1 aromatic rings. The summed E-state index contributed by atoms with van der Waals surface area (Å²) in [5.74, 6) is 0. The summed E-state index contributed by atoms with van der Waals surface area (Å²) in [6, 6.07) is 2.06. The number of rotatable bonds is 3. The molecule has 1 aliphatic rings. The van der Waals surface area contributed by atoms with Gasteiger partial charge in [0.05, 0.1) is 11.2 Å². The van der Waals surface area contributed by atoms with E-state index >= 15 is 0 Å². The van der Waals surface area contributed by atoms with Crippen LogP contribution in [0.4, 0.5) is 0 Å². The minimum absolute atomic E-state index is 0.350. The average molecular weight is 274 g/mol. The molecule has 1 fully saturated rings. The molecule has 0 spiro atoms. The van der Waals surface area contributed by atoms with Crippen molar-refractivity contribution in [3.8, 4) is 0 Å². The average Bonchev–Trinajstić information content (AvgIpc) is 2.55.